The molecule has 0 aromatic heterocycles. The SMILES string of the molecule is C[C@@](N)(CO)c1ccc(CN)cc1. The number of hydrogen-bond acceptors (Lipinski definition) is 3. The fourth-order valence-corrected chi connectivity index (χ4v) is 1.11. The van der Waals surface area contributed by atoms with E-state index in [0.717, 1.165) is 11.1 Å². The van der Waals surface area contributed by atoms with Crippen LogP contribution in [0.25, 0.3) is 0 Å². The summed E-state index contributed by atoms with van der Waals surface area (Å²) in [4.78, 5) is 0. The Morgan fingerprint density at radius 3 is 2.23 bits per heavy atom. The minimum absolute atomic E-state index is 0.0605. The number of nitrogens with two attached hydrogens (primary N) is 2. The quantitative estimate of drug-likeness (QED) is 0.627. The predicted octanol–water partition coefficient (Wildman–Crippen LogP) is 0.311. The minimum atomic E-state index is -0.660. The van der Waals surface area contributed by atoms with Gasteiger partial charge in [0.15, 0.2) is 0 Å². The lowest BCUT2D eigenvalue weighted by Crippen LogP contribution is -2.36. The van der Waals surface area contributed by atoms with Crippen molar-refractivity contribution in [2.24, 2.45) is 11.5 Å². The van der Waals surface area contributed by atoms with E-state index < -0.39 is 5.54 Å². The Morgan fingerprint density at radius 1 is 1.31 bits per heavy atom. The molecule has 0 bridgehead atoms. The van der Waals surface area contributed by atoms with Crippen LogP contribution < -0.4 is 11.5 Å². The fourth-order valence-electron chi connectivity index (χ4n) is 1.11. The van der Waals surface area contributed by atoms with E-state index >= 15 is 0 Å². The van der Waals surface area contributed by atoms with Crippen LogP contribution in [0.2, 0.25) is 0 Å². The van der Waals surface area contributed by atoms with Gasteiger partial charge in [-0.25, -0.2) is 0 Å². The maximum atomic E-state index is 9.02. The molecule has 0 aliphatic carbocycles. The normalized spacial score (nSPS) is 15.4. The zero-order valence-corrected chi connectivity index (χ0v) is 7.83. The first kappa shape index (κ1) is 10.2. The van der Waals surface area contributed by atoms with Crippen LogP contribution in [0, 0.1) is 0 Å². The van der Waals surface area contributed by atoms with Crippen LogP contribution in [0.4, 0.5) is 0 Å². The summed E-state index contributed by atoms with van der Waals surface area (Å²) in [6.45, 7) is 2.26. The van der Waals surface area contributed by atoms with Gasteiger partial charge in [-0.2, -0.15) is 0 Å². The lowest BCUT2D eigenvalue weighted by atomic mass is 9.93. The maximum Gasteiger partial charge on any atom is 0.0650 e. The Bertz CT molecular complexity index is 267. The molecule has 0 radical (unpaired) electrons. The van der Waals surface area contributed by atoms with Gasteiger partial charge in [-0.3, -0.25) is 0 Å². The highest BCUT2D eigenvalue weighted by Gasteiger charge is 2.19. The number of benzene rings is 1. The summed E-state index contributed by atoms with van der Waals surface area (Å²) >= 11 is 0. The summed E-state index contributed by atoms with van der Waals surface area (Å²) in [6, 6.07) is 7.66. The lowest BCUT2D eigenvalue weighted by molar-refractivity contribution is 0.210. The first-order valence-corrected chi connectivity index (χ1v) is 4.29. The van der Waals surface area contributed by atoms with Gasteiger partial charge in [-0.15, -0.1) is 0 Å². The molecule has 0 saturated heterocycles. The van der Waals surface area contributed by atoms with Crippen LogP contribution in [0.15, 0.2) is 24.3 Å². The van der Waals surface area contributed by atoms with E-state index in [2.05, 4.69) is 0 Å². The molecule has 3 heteroatoms. The molecule has 1 rings (SSSR count). The largest absolute Gasteiger partial charge is 0.394 e. The summed E-state index contributed by atoms with van der Waals surface area (Å²) in [6.07, 6.45) is 0. The molecule has 0 heterocycles. The van der Waals surface area contributed by atoms with Gasteiger partial charge in [0.1, 0.15) is 0 Å². The van der Waals surface area contributed by atoms with Crippen molar-refractivity contribution < 1.29 is 5.11 Å². The van der Waals surface area contributed by atoms with E-state index in [0.29, 0.717) is 6.54 Å². The molecule has 1 aromatic rings. The van der Waals surface area contributed by atoms with Crippen molar-refractivity contribution in [3.8, 4) is 0 Å². The van der Waals surface area contributed by atoms with Crippen LogP contribution in [0.5, 0.6) is 0 Å². The fraction of sp³-hybridized carbons (Fsp3) is 0.400. The van der Waals surface area contributed by atoms with Crippen molar-refractivity contribution in [1.82, 2.24) is 0 Å². The van der Waals surface area contributed by atoms with Gasteiger partial charge in [0, 0.05) is 6.54 Å². The first-order chi connectivity index (χ1) is 6.10. The zero-order chi connectivity index (χ0) is 9.90. The van der Waals surface area contributed by atoms with E-state index in [1.165, 1.54) is 0 Å². The molecule has 0 amide bonds. The Morgan fingerprint density at radius 2 is 1.85 bits per heavy atom. The molecule has 0 aliphatic heterocycles. The highest BCUT2D eigenvalue weighted by molar-refractivity contribution is 5.27. The van der Waals surface area contributed by atoms with E-state index in [1.807, 2.05) is 24.3 Å². The van der Waals surface area contributed by atoms with E-state index in [9.17, 15) is 0 Å². The van der Waals surface area contributed by atoms with Crippen molar-refractivity contribution in [1.29, 1.82) is 0 Å². The number of hydrogen-bond donors (Lipinski definition) is 3. The lowest BCUT2D eigenvalue weighted by Gasteiger charge is -2.22. The van der Waals surface area contributed by atoms with Gasteiger partial charge < -0.3 is 16.6 Å². The monoisotopic (exact) mass is 180 g/mol. The molecule has 1 atom stereocenters. The Balaban J connectivity index is 2.92. The van der Waals surface area contributed by atoms with E-state index in [1.54, 1.807) is 6.92 Å². The van der Waals surface area contributed by atoms with Crippen LogP contribution in [0.3, 0.4) is 0 Å². The third-order valence-electron chi connectivity index (χ3n) is 2.18. The predicted molar refractivity (Wildman–Crippen MR) is 53.0 cm³/mol. The summed E-state index contributed by atoms with van der Waals surface area (Å²) in [5.41, 5.74) is 12.6. The summed E-state index contributed by atoms with van der Waals surface area (Å²) in [7, 11) is 0. The average Bonchev–Trinajstić information content (AvgIpc) is 2.18. The Labute approximate surface area is 78.4 Å². The van der Waals surface area contributed by atoms with Gasteiger partial charge >= 0.3 is 0 Å². The van der Waals surface area contributed by atoms with Crippen LogP contribution in [-0.2, 0) is 12.1 Å². The van der Waals surface area contributed by atoms with Crippen LogP contribution in [-0.4, -0.2) is 11.7 Å². The topological polar surface area (TPSA) is 72.3 Å². The maximum absolute atomic E-state index is 9.02. The second-order valence-electron chi connectivity index (χ2n) is 3.48. The van der Waals surface area contributed by atoms with Crippen molar-refractivity contribution in [2.75, 3.05) is 6.61 Å². The molecule has 0 fully saturated rings. The Hall–Kier alpha value is -0.900. The van der Waals surface area contributed by atoms with E-state index in [-0.39, 0.29) is 6.61 Å². The third-order valence-corrected chi connectivity index (χ3v) is 2.18. The zero-order valence-electron chi connectivity index (χ0n) is 7.83. The second-order valence-corrected chi connectivity index (χ2v) is 3.48. The van der Waals surface area contributed by atoms with Crippen LogP contribution >= 0.6 is 0 Å². The van der Waals surface area contributed by atoms with Crippen LogP contribution in [0.1, 0.15) is 18.1 Å². The van der Waals surface area contributed by atoms with Crippen molar-refractivity contribution >= 4 is 0 Å². The van der Waals surface area contributed by atoms with Crippen molar-refractivity contribution in [3.05, 3.63) is 35.4 Å². The molecule has 0 unspecified atom stereocenters. The molecular weight excluding hydrogens is 164 g/mol. The average molecular weight is 180 g/mol. The molecular formula is C10H16N2O. The molecule has 0 saturated carbocycles. The minimum Gasteiger partial charge on any atom is -0.394 e. The number of aliphatic hydroxyl groups is 1. The molecule has 5 N–H and O–H groups in total. The summed E-state index contributed by atoms with van der Waals surface area (Å²) in [5, 5.41) is 9.02. The van der Waals surface area contributed by atoms with Crippen molar-refractivity contribution in [2.45, 2.75) is 19.0 Å². The smallest absolute Gasteiger partial charge is 0.0650 e. The Kier molecular flexibility index (Phi) is 3.03. The molecule has 1 aromatic carbocycles. The molecule has 3 nitrogen and oxygen atoms in total. The standard InChI is InChI=1S/C10H16N2O/c1-10(12,7-13)9-4-2-8(6-11)3-5-9/h2-5,13H,6-7,11-12H2,1H3/t10-/m1/s1. The van der Waals surface area contributed by atoms with Gasteiger partial charge in [-0.05, 0) is 18.1 Å². The summed E-state index contributed by atoms with van der Waals surface area (Å²) in [5.74, 6) is 0. The number of rotatable bonds is 3. The van der Waals surface area contributed by atoms with Gasteiger partial charge in [0.25, 0.3) is 0 Å². The van der Waals surface area contributed by atoms with E-state index in [4.69, 9.17) is 16.6 Å². The highest BCUT2D eigenvalue weighted by atomic mass is 16.3. The van der Waals surface area contributed by atoms with Gasteiger partial charge in [0.05, 0.1) is 12.1 Å². The molecule has 72 valence electrons. The molecule has 13 heavy (non-hydrogen) atoms. The highest BCUT2D eigenvalue weighted by Crippen LogP contribution is 2.17. The van der Waals surface area contributed by atoms with Crippen molar-refractivity contribution in [3.63, 3.8) is 0 Å². The molecule has 0 aliphatic rings. The first-order valence-electron chi connectivity index (χ1n) is 4.29. The second kappa shape index (κ2) is 3.87. The van der Waals surface area contributed by atoms with Gasteiger partial charge in [-0.1, -0.05) is 24.3 Å². The summed E-state index contributed by atoms with van der Waals surface area (Å²) < 4.78 is 0. The molecule has 0 spiro atoms. The number of aliphatic hydroxyl groups excluding tert-OH is 1. The van der Waals surface area contributed by atoms with Gasteiger partial charge in [0.2, 0.25) is 0 Å². The third kappa shape index (κ3) is 2.28.